The molecule has 0 bridgehead atoms. The summed E-state index contributed by atoms with van der Waals surface area (Å²) < 4.78 is 0. The molecule has 0 atom stereocenters. The third kappa shape index (κ3) is 17.4. The van der Waals surface area contributed by atoms with E-state index in [0.29, 0.717) is 0 Å². The second-order valence-electron chi connectivity index (χ2n) is 6.85. The molecular weight excluding hydrogens is 262 g/mol. The van der Waals surface area contributed by atoms with Crippen LogP contribution < -0.4 is 0 Å². The molecule has 21 heavy (non-hydrogen) atoms. The molecule has 3 heteroatoms. The van der Waals surface area contributed by atoms with E-state index in [-0.39, 0.29) is 6.54 Å². The Hall–Kier alpha value is -0.570. The van der Waals surface area contributed by atoms with Gasteiger partial charge in [-0.2, -0.15) is 0 Å². The minimum Gasteiger partial charge on any atom is -0.480 e. The fourth-order valence-corrected chi connectivity index (χ4v) is 2.66. The fraction of sp³-hybridized carbons (Fsp3) is 0.944. The number of hydrogen-bond acceptors (Lipinski definition) is 2. The summed E-state index contributed by atoms with van der Waals surface area (Å²) in [5, 5.41) is 8.65. The average Bonchev–Trinajstić information content (AvgIpc) is 2.38. The van der Waals surface area contributed by atoms with Crippen molar-refractivity contribution in [3.8, 4) is 0 Å². The number of carbonyl (C=O) groups is 1. The smallest absolute Gasteiger partial charge is 0.317 e. The maximum absolute atomic E-state index is 10.5. The van der Waals surface area contributed by atoms with E-state index in [1.54, 1.807) is 0 Å². The monoisotopic (exact) mass is 299 g/mol. The summed E-state index contributed by atoms with van der Waals surface area (Å²) in [6.45, 7) is 5.68. The normalized spacial score (nSPS) is 11.5. The average molecular weight is 299 g/mol. The van der Waals surface area contributed by atoms with E-state index in [0.717, 1.165) is 18.9 Å². The van der Waals surface area contributed by atoms with Gasteiger partial charge in [0.1, 0.15) is 0 Å². The highest BCUT2D eigenvalue weighted by molar-refractivity contribution is 5.68. The zero-order valence-corrected chi connectivity index (χ0v) is 14.6. The van der Waals surface area contributed by atoms with Crippen molar-refractivity contribution in [2.45, 2.75) is 84.5 Å². The van der Waals surface area contributed by atoms with Gasteiger partial charge in [-0.15, -0.1) is 0 Å². The third-order valence-electron chi connectivity index (χ3n) is 3.98. The van der Waals surface area contributed by atoms with Crippen LogP contribution in [0.2, 0.25) is 0 Å². The Morgan fingerprint density at radius 3 is 1.71 bits per heavy atom. The molecule has 0 aromatic carbocycles. The van der Waals surface area contributed by atoms with Gasteiger partial charge >= 0.3 is 5.97 Å². The first-order valence-electron chi connectivity index (χ1n) is 8.92. The molecule has 0 aliphatic rings. The van der Waals surface area contributed by atoms with Crippen LogP contribution in [0.4, 0.5) is 0 Å². The van der Waals surface area contributed by atoms with E-state index in [9.17, 15) is 4.79 Å². The Balaban J connectivity index is 3.10. The highest BCUT2D eigenvalue weighted by atomic mass is 16.4. The van der Waals surface area contributed by atoms with Crippen LogP contribution in [-0.4, -0.2) is 36.1 Å². The van der Waals surface area contributed by atoms with Crippen LogP contribution in [0, 0.1) is 5.92 Å². The number of carboxylic acid groups (broad SMARTS) is 1. The molecule has 0 rings (SSSR count). The molecule has 0 radical (unpaired) electrons. The Morgan fingerprint density at radius 2 is 1.29 bits per heavy atom. The number of unbranched alkanes of at least 4 members (excludes halogenated alkanes) is 9. The number of rotatable bonds is 15. The lowest BCUT2D eigenvalue weighted by atomic mass is 10.0. The zero-order valence-electron chi connectivity index (χ0n) is 14.6. The van der Waals surface area contributed by atoms with Gasteiger partial charge in [0, 0.05) is 0 Å². The predicted molar refractivity (Wildman–Crippen MR) is 90.8 cm³/mol. The molecule has 0 aromatic heterocycles. The SMILES string of the molecule is CC(C)CCCCCCCCCCCCN(C)CC(=O)O. The van der Waals surface area contributed by atoms with Gasteiger partial charge in [-0.1, -0.05) is 78.1 Å². The molecule has 0 spiro atoms. The molecule has 0 fully saturated rings. The summed E-state index contributed by atoms with van der Waals surface area (Å²) in [7, 11) is 1.88. The summed E-state index contributed by atoms with van der Waals surface area (Å²) in [6.07, 6.45) is 14.8. The van der Waals surface area contributed by atoms with E-state index in [1.165, 1.54) is 64.2 Å². The number of nitrogens with zero attached hydrogens (tertiary/aromatic N) is 1. The summed E-state index contributed by atoms with van der Waals surface area (Å²) >= 11 is 0. The van der Waals surface area contributed by atoms with E-state index >= 15 is 0 Å². The fourth-order valence-electron chi connectivity index (χ4n) is 2.66. The topological polar surface area (TPSA) is 40.5 Å². The zero-order chi connectivity index (χ0) is 15.9. The van der Waals surface area contributed by atoms with E-state index in [2.05, 4.69) is 13.8 Å². The molecule has 126 valence electrons. The van der Waals surface area contributed by atoms with Crippen LogP contribution in [0.5, 0.6) is 0 Å². The molecule has 0 saturated carbocycles. The lowest BCUT2D eigenvalue weighted by Crippen LogP contribution is -2.26. The van der Waals surface area contributed by atoms with Crippen molar-refractivity contribution in [2.24, 2.45) is 5.92 Å². The standard InChI is InChI=1S/C18H37NO2/c1-17(2)14-12-10-8-6-4-5-7-9-11-13-15-19(3)16-18(20)21/h17H,4-16H2,1-3H3,(H,20,21). The predicted octanol–water partition coefficient (Wildman–Crippen LogP) is 4.95. The van der Waals surface area contributed by atoms with Crippen LogP contribution in [0.1, 0.15) is 84.5 Å². The molecule has 0 aliphatic heterocycles. The Bertz CT molecular complexity index is 241. The van der Waals surface area contributed by atoms with Gasteiger partial charge in [0.15, 0.2) is 0 Å². The van der Waals surface area contributed by atoms with Gasteiger partial charge in [-0.25, -0.2) is 0 Å². The second-order valence-corrected chi connectivity index (χ2v) is 6.85. The first-order chi connectivity index (χ1) is 10.0. The summed E-state index contributed by atoms with van der Waals surface area (Å²) in [6, 6.07) is 0. The maximum atomic E-state index is 10.5. The van der Waals surface area contributed by atoms with Gasteiger partial charge < -0.3 is 5.11 Å². The van der Waals surface area contributed by atoms with Gasteiger partial charge in [0.25, 0.3) is 0 Å². The van der Waals surface area contributed by atoms with Crippen LogP contribution >= 0.6 is 0 Å². The summed E-state index contributed by atoms with van der Waals surface area (Å²) in [5.74, 6) is 0.130. The molecule has 0 aliphatic carbocycles. The molecule has 0 unspecified atom stereocenters. The molecule has 1 N–H and O–H groups in total. The van der Waals surface area contributed by atoms with Crippen molar-refractivity contribution in [1.29, 1.82) is 0 Å². The summed E-state index contributed by atoms with van der Waals surface area (Å²) in [4.78, 5) is 12.4. The largest absolute Gasteiger partial charge is 0.480 e. The highest BCUT2D eigenvalue weighted by Gasteiger charge is 2.02. The number of aliphatic carboxylic acids is 1. The minimum atomic E-state index is -0.731. The van der Waals surface area contributed by atoms with E-state index < -0.39 is 5.97 Å². The quantitative estimate of drug-likeness (QED) is 0.435. The number of hydrogen-bond donors (Lipinski definition) is 1. The van der Waals surface area contributed by atoms with Gasteiger partial charge in [0.05, 0.1) is 6.54 Å². The Morgan fingerprint density at radius 1 is 0.857 bits per heavy atom. The van der Waals surface area contributed by atoms with Crippen molar-refractivity contribution in [1.82, 2.24) is 4.90 Å². The number of likely N-dealkylation sites (N-methyl/N-ethyl adjacent to an activating group) is 1. The lowest BCUT2D eigenvalue weighted by molar-refractivity contribution is -0.137. The van der Waals surface area contributed by atoms with Crippen LogP contribution in [0.25, 0.3) is 0 Å². The minimum absolute atomic E-state index is 0.164. The molecule has 3 nitrogen and oxygen atoms in total. The van der Waals surface area contributed by atoms with Crippen LogP contribution in [0.15, 0.2) is 0 Å². The summed E-state index contributed by atoms with van der Waals surface area (Å²) in [5.41, 5.74) is 0. The van der Waals surface area contributed by atoms with Crippen LogP contribution in [-0.2, 0) is 4.79 Å². The second kappa shape index (κ2) is 14.4. The molecule has 0 heterocycles. The van der Waals surface area contributed by atoms with Crippen LogP contribution in [0.3, 0.4) is 0 Å². The Labute approximate surface area is 132 Å². The maximum Gasteiger partial charge on any atom is 0.317 e. The number of carboxylic acids is 1. The Kier molecular flexibility index (Phi) is 14.0. The van der Waals surface area contributed by atoms with Gasteiger partial charge in [0.2, 0.25) is 0 Å². The van der Waals surface area contributed by atoms with Crippen molar-refractivity contribution in [2.75, 3.05) is 20.1 Å². The highest BCUT2D eigenvalue weighted by Crippen LogP contribution is 2.13. The van der Waals surface area contributed by atoms with Gasteiger partial charge in [-0.05, 0) is 25.9 Å². The van der Waals surface area contributed by atoms with Crippen molar-refractivity contribution >= 4 is 5.97 Å². The molecule has 0 aromatic rings. The van der Waals surface area contributed by atoms with Crippen molar-refractivity contribution in [3.63, 3.8) is 0 Å². The first-order valence-corrected chi connectivity index (χ1v) is 8.92. The van der Waals surface area contributed by atoms with Gasteiger partial charge in [-0.3, -0.25) is 9.69 Å². The van der Waals surface area contributed by atoms with E-state index in [4.69, 9.17) is 5.11 Å². The van der Waals surface area contributed by atoms with E-state index in [1.807, 2.05) is 11.9 Å². The first kappa shape index (κ1) is 20.4. The third-order valence-corrected chi connectivity index (χ3v) is 3.98. The lowest BCUT2D eigenvalue weighted by Gasteiger charge is -2.13. The molecular formula is C18H37NO2. The molecule has 0 amide bonds. The van der Waals surface area contributed by atoms with Crippen molar-refractivity contribution in [3.05, 3.63) is 0 Å². The molecule has 0 saturated heterocycles. The van der Waals surface area contributed by atoms with Crippen molar-refractivity contribution < 1.29 is 9.90 Å².